The third kappa shape index (κ3) is 4.89. The van der Waals surface area contributed by atoms with Crippen LogP contribution in [0.5, 0.6) is 11.5 Å². The summed E-state index contributed by atoms with van der Waals surface area (Å²) in [7, 11) is 0. The van der Waals surface area contributed by atoms with Crippen LogP contribution in [0.4, 0.5) is 5.69 Å². The zero-order valence-corrected chi connectivity index (χ0v) is 30.3. The average Bonchev–Trinajstić information content (AvgIpc) is 3.32. The Hall–Kier alpha value is -3.43. The standard InChI is InChI=1S/C39H33Cl3N2O5S/c40-31-30(39(47)48)29(32(41)38(33(31)42)50-18-27(45)46)28-23-11-10-21-22-8-4-14-44-13-3-7-20(34(22)44)16-25(21)36(23)49-37-24-9-5-15-43-12-2-1-6-19(35(24)43)17-26(28)37/h10-11,16-17H,1-9,12-15,18H2,(H-,45,46,47,48)/p+1. The summed E-state index contributed by atoms with van der Waals surface area (Å²) in [6, 6.07) is 8.65. The molecule has 0 unspecified atom stereocenters. The number of aryl methyl sites for hydroxylation is 3. The molecule has 256 valence electrons. The Morgan fingerprint density at radius 1 is 0.820 bits per heavy atom. The van der Waals surface area contributed by atoms with E-state index in [1.165, 1.54) is 27.7 Å². The van der Waals surface area contributed by atoms with Gasteiger partial charge in [-0.05, 0) is 74.1 Å². The van der Waals surface area contributed by atoms with E-state index in [4.69, 9.17) is 39.5 Å². The number of nitrogens with zero attached hydrogens (tertiary/aromatic N) is 2. The van der Waals surface area contributed by atoms with Crippen molar-refractivity contribution in [2.75, 3.05) is 36.8 Å². The predicted octanol–water partition coefficient (Wildman–Crippen LogP) is 7.50. The van der Waals surface area contributed by atoms with Crippen molar-refractivity contribution in [1.82, 2.24) is 4.58 Å². The smallest absolute Gasteiger partial charge is 0.337 e. The maximum Gasteiger partial charge on any atom is 0.337 e. The Labute approximate surface area is 308 Å². The number of ether oxygens (including phenoxy) is 1. The van der Waals surface area contributed by atoms with Gasteiger partial charge in [0.2, 0.25) is 5.36 Å². The summed E-state index contributed by atoms with van der Waals surface area (Å²) < 4.78 is 9.73. The first kappa shape index (κ1) is 32.5. The number of aromatic carboxylic acids is 1. The number of carboxylic acids is 2. The molecule has 11 heteroatoms. The zero-order valence-electron chi connectivity index (χ0n) is 27.3. The molecule has 50 heavy (non-hydrogen) atoms. The van der Waals surface area contributed by atoms with Crippen LogP contribution in [0.15, 0.2) is 29.2 Å². The summed E-state index contributed by atoms with van der Waals surface area (Å²) in [5.74, 6) is -1.23. The minimum atomic E-state index is -1.27. The second-order valence-corrected chi connectivity index (χ2v) is 16.0. The van der Waals surface area contributed by atoms with Crippen molar-refractivity contribution < 1.29 is 24.5 Å². The molecule has 5 heterocycles. The van der Waals surface area contributed by atoms with E-state index in [9.17, 15) is 19.8 Å². The van der Waals surface area contributed by atoms with E-state index in [2.05, 4.69) is 27.7 Å². The molecule has 0 spiro atoms. The fourth-order valence-electron chi connectivity index (χ4n) is 9.10. The van der Waals surface area contributed by atoms with E-state index in [0.29, 0.717) is 11.3 Å². The number of fused-ring (bicyclic) bond motifs is 6. The van der Waals surface area contributed by atoms with Gasteiger partial charge in [0, 0.05) is 80.5 Å². The van der Waals surface area contributed by atoms with Crippen LogP contribution in [0.1, 0.15) is 75.8 Å². The van der Waals surface area contributed by atoms with Gasteiger partial charge >= 0.3 is 11.9 Å². The molecule has 7 nitrogen and oxygen atoms in total. The van der Waals surface area contributed by atoms with E-state index < -0.39 is 11.9 Å². The lowest BCUT2D eigenvalue weighted by molar-refractivity contribution is -0.133. The predicted molar refractivity (Wildman–Crippen MR) is 199 cm³/mol. The SMILES string of the molecule is O=C(O)CSc1c(Cl)c(Cl)c(C(=O)O)c(C2=c3ccc4c5c6c(cc4c3Oc3c2cc2c4c3CCCN4CCCC2)CCC[N+]=6CCC5)c1Cl. The normalized spacial score (nSPS) is 17.4. The molecule has 0 aromatic heterocycles. The van der Waals surface area contributed by atoms with E-state index in [0.717, 1.165) is 129 Å². The van der Waals surface area contributed by atoms with E-state index >= 15 is 0 Å². The molecular weight excluding hydrogens is 715 g/mol. The van der Waals surface area contributed by atoms with E-state index in [-0.39, 0.29) is 36.8 Å². The molecular formula is C39H34Cl3N2O5S+. The third-order valence-corrected chi connectivity index (χ3v) is 13.6. The van der Waals surface area contributed by atoms with Crippen molar-refractivity contribution in [2.45, 2.75) is 62.7 Å². The molecule has 4 aromatic carbocycles. The van der Waals surface area contributed by atoms with Crippen LogP contribution in [0, 0.1) is 0 Å². The van der Waals surface area contributed by atoms with Crippen molar-refractivity contribution >= 4 is 80.5 Å². The van der Waals surface area contributed by atoms with E-state index in [1.807, 2.05) is 6.07 Å². The zero-order chi connectivity index (χ0) is 34.4. The molecule has 2 N–H and O–H groups in total. The molecule has 5 aliphatic rings. The molecule has 0 bridgehead atoms. The van der Waals surface area contributed by atoms with Crippen molar-refractivity contribution in [3.63, 3.8) is 0 Å². The van der Waals surface area contributed by atoms with Crippen molar-refractivity contribution in [3.05, 3.63) is 88.9 Å². The minimum Gasteiger partial charge on any atom is -0.481 e. The molecule has 0 fully saturated rings. The lowest BCUT2D eigenvalue weighted by Gasteiger charge is -2.35. The van der Waals surface area contributed by atoms with Gasteiger partial charge in [0.15, 0.2) is 0 Å². The van der Waals surface area contributed by atoms with Crippen LogP contribution in [0.2, 0.25) is 15.1 Å². The summed E-state index contributed by atoms with van der Waals surface area (Å²) in [6.45, 7) is 4.12. The first-order valence-corrected chi connectivity index (χ1v) is 19.5. The fraction of sp³-hybridized carbons (Fsp3) is 0.359. The molecule has 4 aromatic rings. The molecule has 0 radical (unpaired) electrons. The number of thioether (sulfide) groups is 1. The van der Waals surface area contributed by atoms with Crippen LogP contribution in [0.25, 0.3) is 16.3 Å². The highest BCUT2D eigenvalue weighted by atomic mass is 35.5. The number of carbonyl (C=O) groups is 2. The Balaban J connectivity index is 1.45. The second-order valence-electron chi connectivity index (χ2n) is 13.9. The van der Waals surface area contributed by atoms with Crippen LogP contribution in [-0.2, 0) is 30.5 Å². The van der Waals surface area contributed by atoms with Gasteiger partial charge in [0.1, 0.15) is 24.6 Å². The van der Waals surface area contributed by atoms with Gasteiger partial charge in [-0.2, -0.15) is 0 Å². The quantitative estimate of drug-likeness (QED) is 0.109. The third-order valence-electron chi connectivity index (χ3n) is 11.0. The van der Waals surface area contributed by atoms with E-state index in [1.54, 1.807) is 0 Å². The van der Waals surface area contributed by atoms with Gasteiger partial charge < -0.3 is 19.8 Å². The summed E-state index contributed by atoms with van der Waals surface area (Å²) >= 11 is 21.7. The van der Waals surface area contributed by atoms with Gasteiger partial charge in [-0.1, -0.05) is 40.9 Å². The highest BCUT2D eigenvalue weighted by molar-refractivity contribution is 8.00. The van der Waals surface area contributed by atoms with Gasteiger partial charge in [0.25, 0.3) is 0 Å². The largest absolute Gasteiger partial charge is 0.481 e. The van der Waals surface area contributed by atoms with Crippen LogP contribution >= 0.6 is 46.6 Å². The summed E-state index contributed by atoms with van der Waals surface area (Å²) in [5, 5.41) is 24.4. The van der Waals surface area contributed by atoms with Gasteiger partial charge in [-0.3, -0.25) is 4.79 Å². The maximum atomic E-state index is 13.2. The molecule has 0 saturated carbocycles. The Bertz CT molecular complexity index is 2350. The summed E-state index contributed by atoms with van der Waals surface area (Å²) in [5.41, 5.74) is 7.69. The molecule has 0 amide bonds. The number of rotatable bonds is 5. The number of anilines is 1. The number of halogens is 3. The van der Waals surface area contributed by atoms with Crippen molar-refractivity contribution in [3.8, 4) is 11.5 Å². The van der Waals surface area contributed by atoms with Gasteiger partial charge in [-0.15, -0.1) is 11.8 Å². The lowest BCUT2D eigenvalue weighted by Crippen LogP contribution is -2.43. The Morgan fingerprint density at radius 3 is 2.38 bits per heavy atom. The number of aliphatic carboxylic acids is 1. The van der Waals surface area contributed by atoms with Crippen LogP contribution < -0.4 is 24.8 Å². The lowest BCUT2D eigenvalue weighted by atomic mass is 9.83. The van der Waals surface area contributed by atoms with Crippen LogP contribution in [0.3, 0.4) is 0 Å². The molecule has 9 rings (SSSR count). The summed E-state index contributed by atoms with van der Waals surface area (Å²) in [6.07, 6.45) is 9.04. The first-order valence-electron chi connectivity index (χ1n) is 17.4. The molecule has 0 atom stereocenters. The Morgan fingerprint density at radius 2 is 1.58 bits per heavy atom. The monoisotopic (exact) mass is 747 g/mol. The number of carboxylic acid groups (broad SMARTS) is 2. The highest BCUT2D eigenvalue weighted by Crippen LogP contribution is 2.52. The molecule has 0 saturated heterocycles. The average molecular weight is 749 g/mol. The van der Waals surface area contributed by atoms with Crippen molar-refractivity contribution in [1.29, 1.82) is 0 Å². The molecule has 0 aliphatic carbocycles. The maximum absolute atomic E-state index is 13.2. The molecule has 5 aliphatic heterocycles. The second kappa shape index (κ2) is 12.4. The number of hydrogen-bond acceptors (Lipinski definition) is 5. The van der Waals surface area contributed by atoms with Crippen LogP contribution in [-0.4, -0.2) is 54.1 Å². The van der Waals surface area contributed by atoms with Gasteiger partial charge in [-0.25, -0.2) is 9.37 Å². The van der Waals surface area contributed by atoms with Gasteiger partial charge in [0.05, 0.1) is 26.4 Å². The first-order chi connectivity index (χ1) is 24.2. The Kier molecular flexibility index (Phi) is 8.03. The fourth-order valence-corrected chi connectivity index (χ4v) is 11.0. The topological polar surface area (TPSA) is 90.1 Å². The minimum absolute atomic E-state index is 0.0679. The number of benzene rings is 4. The highest BCUT2D eigenvalue weighted by Gasteiger charge is 2.37. The number of hydrogen-bond donors (Lipinski definition) is 2. The summed E-state index contributed by atoms with van der Waals surface area (Å²) in [4.78, 5) is 27.6. The van der Waals surface area contributed by atoms with Crippen molar-refractivity contribution in [2.24, 2.45) is 0 Å².